The van der Waals surface area contributed by atoms with Crippen LogP contribution in [0.2, 0.25) is 0 Å². The maximum atomic E-state index is 11.1. The van der Waals surface area contributed by atoms with Crippen molar-refractivity contribution >= 4 is 11.5 Å². The van der Waals surface area contributed by atoms with Gasteiger partial charge < -0.3 is 9.84 Å². The molecule has 0 radical (unpaired) electrons. The van der Waals surface area contributed by atoms with Crippen molar-refractivity contribution in [1.29, 1.82) is 0 Å². The van der Waals surface area contributed by atoms with E-state index < -0.39 is 5.97 Å². The van der Waals surface area contributed by atoms with Gasteiger partial charge in [-0.25, -0.2) is 0 Å². The van der Waals surface area contributed by atoms with Crippen LogP contribution in [-0.2, 0) is 17.8 Å². The third kappa shape index (κ3) is 5.01. The van der Waals surface area contributed by atoms with E-state index in [2.05, 4.69) is 54.3 Å². The maximum absolute atomic E-state index is 11.1. The number of allylic oxidation sites excluding steroid dienone is 1. The average Bonchev–Trinajstić information content (AvgIpc) is 2.81. The minimum Gasteiger partial charge on any atom is -0.489 e. The van der Waals surface area contributed by atoms with Gasteiger partial charge in [-0.1, -0.05) is 55.2 Å². The molecule has 1 heterocycles. The molecule has 3 aliphatic rings. The van der Waals surface area contributed by atoms with Crippen molar-refractivity contribution in [1.82, 2.24) is 4.90 Å². The van der Waals surface area contributed by atoms with Gasteiger partial charge in [0.15, 0.2) is 0 Å². The second-order valence-corrected chi connectivity index (χ2v) is 10.1. The summed E-state index contributed by atoms with van der Waals surface area (Å²) < 4.78 is 6.15. The predicted molar refractivity (Wildman–Crippen MR) is 132 cm³/mol. The summed E-state index contributed by atoms with van der Waals surface area (Å²) in [4.78, 5) is 13.3. The molecule has 0 bridgehead atoms. The first kappa shape index (κ1) is 22.2. The van der Waals surface area contributed by atoms with Gasteiger partial charge >= 0.3 is 5.97 Å². The van der Waals surface area contributed by atoms with Gasteiger partial charge in [-0.3, -0.25) is 9.69 Å². The molecule has 0 aromatic heterocycles. The zero-order valence-corrected chi connectivity index (χ0v) is 19.7. The van der Waals surface area contributed by atoms with E-state index >= 15 is 0 Å². The van der Waals surface area contributed by atoms with Gasteiger partial charge in [-0.2, -0.15) is 0 Å². The summed E-state index contributed by atoms with van der Waals surface area (Å²) in [6, 6.07) is 15.5. The molecule has 2 fully saturated rings. The molecular weight excluding hydrogens is 410 g/mol. The minimum atomic E-state index is -0.668. The van der Waals surface area contributed by atoms with Gasteiger partial charge in [0, 0.05) is 19.6 Å². The lowest BCUT2D eigenvalue weighted by molar-refractivity contribution is -0.147. The quantitative estimate of drug-likeness (QED) is 0.564. The molecular formula is C29H35NO3. The molecule has 2 aliphatic carbocycles. The highest BCUT2D eigenvalue weighted by atomic mass is 16.5. The number of hydrogen-bond acceptors (Lipinski definition) is 3. The molecule has 1 saturated heterocycles. The van der Waals surface area contributed by atoms with Crippen LogP contribution in [0, 0.1) is 5.92 Å². The van der Waals surface area contributed by atoms with E-state index in [1.165, 1.54) is 65.5 Å². The number of carboxylic acid groups (broad SMARTS) is 1. The Balaban J connectivity index is 1.18. The monoisotopic (exact) mass is 445 g/mol. The van der Waals surface area contributed by atoms with Crippen LogP contribution in [0.3, 0.4) is 0 Å². The minimum absolute atomic E-state index is 0.190. The van der Waals surface area contributed by atoms with E-state index in [4.69, 9.17) is 9.84 Å². The summed E-state index contributed by atoms with van der Waals surface area (Å²) in [5.74, 6) is 0.826. The SMILES string of the molecule is CC1=C(CN2CC(C(=O)O)C2)CCc2cc(OCc3ccc(C4CCCCC4)cc3)ccc21. The molecule has 33 heavy (non-hydrogen) atoms. The highest BCUT2D eigenvalue weighted by Gasteiger charge is 2.33. The first-order chi connectivity index (χ1) is 16.1. The number of ether oxygens (including phenoxy) is 1. The van der Waals surface area contributed by atoms with Crippen molar-refractivity contribution in [3.8, 4) is 5.75 Å². The summed E-state index contributed by atoms with van der Waals surface area (Å²) >= 11 is 0. The van der Waals surface area contributed by atoms with Crippen molar-refractivity contribution in [2.75, 3.05) is 19.6 Å². The molecule has 1 aliphatic heterocycles. The lowest BCUT2D eigenvalue weighted by atomic mass is 9.84. The third-order valence-corrected chi connectivity index (χ3v) is 7.89. The maximum Gasteiger partial charge on any atom is 0.309 e. The van der Waals surface area contributed by atoms with Gasteiger partial charge in [0.05, 0.1) is 5.92 Å². The second kappa shape index (κ2) is 9.72. The Morgan fingerprint density at radius 3 is 2.52 bits per heavy atom. The van der Waals surface area contributed by atoms with E-state index in [-0.39, 0.29) is 5.92 Å². The largest absolute Gasteiger partial charge is 0.489 e. The van der Waals surface area contributed by atoms with Crippen LogP contribution in [0.1, 0.15) is 73.6 Å². The van der Waals surface area contributed by atoms with E-state index in [0.717, 1.165) is 31.1 Å². The number of benzene rings is 2. The molecule has 2 aromatic carbocycles. The van der Waals surface area contributed by atoms with Crippen molar-refractivity contribution in [2.45, 2.75) is 64.4 Å². The number of rotatable bonds is 7. The van der Waals surface area contributed by atoms with Crippen molar-refractivity contribution in [2.24, 2.45) is 5.92 Å². The molecule has 0 atom stereocenters. The van der Waals surface area contributed by atoms with Gasteiger partial charge in [0.1, 0.15) is 12.4 Å². The standard InChI is InChI=1S/C29H35NO3/c1-20-25(16-30-17-26(18-30)29(31)32)12-11-24-15-27(13-14-28(20)24)33-19-21-7-9-23(10-8-21)22-5-3-2-4-6-22/h7-10,13-15,22,26H,2-6,11-12,16-19H2,1H3,(H,31,32). The Bertz CT molecular complexity index is 1030. The van der Waals surface area contributed by atoms with Gasteiger partial charge in [-0.15, -0.1) is 0 Å². The Labute approximate surface area is 197 Å². The van der Waals surface area contributed by atoms with Crippen LogP contribution in [0.15, 0.2) is 48.0 Å². The molecule has 1 saturated carbocycles. The van der Waals surface area contributed by atoms with Crippen LogP contribution in [0.4, 0.5) is 0 Å². The van der Waals surface area contributed by atoms with E-state index in [9.17, 15) is 4.79 Å². The topological polar surface area (TPSA) is 49.8 Å². The van der Waals surface area contributed by atoms with Gasteiger partial charge in [0.2, 0.25) is 0 Å². The summed E-state index contributed by atoms with van der Waals surface area (Å²) in [5, 5.41) is 9.10. The molecule has 4 heteroatoms. The lowest BCUT2D eigenvalue weighted by Crippen LogP contribution is -2.50. The fourth-order valence-electron chi connectivity index (χ4n) is 5.71. The zero-order valence-electron chi connectivity index (χ0n) is 19.7. The zero-order chi connectivity index (χ0) is 22.8. The number of aryl methyl sites for hydroxylation is 1. The number of fused-ring (bicyclic) bond motifs is 1. The number of likely N-dealkylation sites (tertiary alicyclic amines) is 1. The van der Waals surface area contributed by atoms with Crippen LogP contribution in [-0.4, -0.2) is 35.6 Å². The van der Waals surface area contributed by atoms with Crippen molar-refractivity contribution in [3.05, 3.63) is 70.3 Å². The number of nitrogens with zero attached hydrogens (tertiary/aromatic N) is 1. The van der Waals surface area contributed by atoms with E-state index in [1.54, 1.807) is 0 Å². The molecule has 0 amide bonds. The molecule has 1 N–H and O–H groups in total. The van der Waals surface area contributed by atoms with Crippen LogP contribution >= 0.6 is 0 Å². The van der Waals surface area contributed by atoms with E-state index in [0.29, 0.717) is 19.7 Å². The van der Waals surface area contributed by atoms with Crippen LogP contribution in [0.5, 0.6) is 5.75 Å². The highest BCUT2D eigenvalue weighted by Crippen LogP contribution is 2.35. The van der Waals surface area contributed by atoms with Crippen LogP contribution in [0.25, 0.3) is 5.57 Å². The summed E-state index contributed by atoms with van der Waals surface area (Å²) in [5.41, 5.74) is 8.17. The smallest absolute Gasteiger partial charge is 0.309 e. The Morgan fingerprint density at radius 2 is 1.79 bits per heavy atom. The highest BCUT2D eigenvalue weighted by molar-refractivity contribution is 5.73. The molecule has 5 rings (SSSR count). The van der Waals surface area contributed by atoms with Crippen molar-refractivity contribution < 1.29 is 14.6 Å². The Kier molecular flexibility index (Phi) is 6.55. The normalized spacial score (nSPS) is 19.8. The molecule has 174 valence electrons. The third-order valence-electron chi connectivity index (χ3n) is 7.89. The number of hydrogen-bond donors (Lipinski definition) is 1. The van der Waals surface area contributed by atoms with Crippen LogP contribution < -0.4 is 4.74 Å². The summed E-state index contributed by atoms with van der Waals surface area (Å²) in [7, 11) is 0. The average molecular weight is 446 g/mol. The first-order valence-corrected chi connectivity index (χ1v) is 12.6. The summed E-state index contributed by atoms with van der Waals surface area (Å²) in [6.07, 6.45) is 8.86. The number of carbonyl (C=O) groups is 1. The fourth-order valence-corrected chi connectivity index (χ4v) is 5.71. The predicted octanol–water partition coefficient (Wildman–Crippen LogP) is 6.05. The van der Waals surface area contributed by atoms with Gasteiger partial charge in [0.25, 0.3) is 0 Å². The Hall–Kier alpha value is -2.59. The summed E-state index contributed by atoms with van der Waals surface area (Å²) in [6.45, 7) is 5.05. The number of aliphatic carboxylic acids is 1. The fraction of sp³-hybridized carbons (Fsp3) is 0.483. The molecule has 4 nitrogen and oxygen atoms in total. The van der Waals surface area contributed by atoms with Gasteiger partial charge in [-0.05, 0) is 78.5 Å². The molecule has 2 aromatic rings. The lowest BCUT2D eigenvalue weighted by Gasteiger charge is -2.38. The Morgan fingerprint density at radius 1 is 1.03 bits per heavy atom. The first-order valence-electron chi connectivity index (χ1n) is 12.6. The second-order valence-electron chi connectivity index (χ2n) is 10.1. The van der Waals surface area contributed by atoms with E-state index in [1.807, 2.05) is 0 Å². The number of carboxylic acids is 1. The molecule has 0 unspecified atom stereocenters. The van der Waals surface area contributed by atoms with Crippen molar-refractivity contribution in [3.63, 3.8) is 0 Å². The molecule has 0 spiro atoms.